The lowest BCUT2D eigenvalue weighted by Gasteiger charge is -2.20. The van der Waals surface area contributed by atoms with Crippen molar-refractivity contribution >= 4 is 43.6 Å². The molecule has 0 fully saturated rings. The van der Waals surface area contributed by atoms with Crippen molar-refractivity contribution in [3.63, 3.8) is 0 Å². The summed E-state index contributed by atoms with van der Waals surface area (Å²) in [5.41, 5.74) is 7.98. The van der Waals surface area contributed by atoms with Crippen LogP contribution in [0.2, 0.25) is 0 Å². The number of allylic oxidation sites excluding steroid dienone is 4. The van der Waals surface area contributed by atoms with E-state index in [1.807, 2.05) is 120 Å². The van der Waals surface area contributed by atoms with Crippen LogP contribution in [0.4, 0.5) is 13.2 Å². The van der Waals surface area contributed by atoms with Crippen LogP contribution in [0.5, 0.6) is 0 Å². The molecule has 3 heterocycles. The van der Waals surface area contributed by atoms with Gasteiger partial charge < -0.3 is 9.13 Å². The standard InChI is InChI=1S/C50H30F3N5/c51-50(52,53)35-19-22-48(57-44-15-7-5-13-38(44)41-25-31(17-20-46(41)57)36-11-3-1-9-33(36)28-54)43(27-35)40-23-24-56-30-49(40)58-45-16-8-6-14-39(45)42-26-32(18-21-47(42)58)37-12-4-2-10-34(37)29-55/h1-27,30,33,36H. The van der Waals surface area contributed by atoms with Crippen molar-refractivity contribution in [3.8, 4) is 45.8 Å². The van der Waals surface area contributed by atoms with Crippen LogP contribution in [0, 0.1) is 28.6 Å². The number of para-hydroxylation sites is 2. The minimum absolute atomic E-state index is 0.133. The van der Waals surface area contributed by atoms with Gasteiger partial charge in [0.2, 0.25) is 0 Å². The zero-order valence-corrected chi connectivity index (χ0v) is 30.7. The third-order valence-electron chi connectivity index (χ3n) is 11.3. The third kappa shape index (κ3) is 5.50. The van der Waals surface area contributed by atoms with Crippen molar-refractivity contribution in [3.05, 3.63) is 187 Å². The maximum atomic E-state index is 14.7. The van der Waals surface area contributed by atoms with E-state index in [1.165, 1.54) is 6.07 Å². The molecular formula is C50H30F3N5. The van der Waals surface area contributed by atoms with Gasteiger partial charge >= 0.3 is 6.18 Å². The van der Waals surface area contributed by atoms with Gasteiger partial charge in [0.1, 0.15) is 0 Å². The highest BCUT2D eigenvalue weighted by Gasteiger charge is 2.32. The van der Waals surface area contributed by atoms with E-state index in [4.69, 9.17) is 0 Å². The molecular weight excluding hydrogens is 728 g/mol. The number of hydrogen-bond acceptors (Lipinski definition) is 3. The van der Waals surface area contributed by atoms with E-state index in [1.54, 1.807) is 30.6 Å². The first-order valence-corrected chi connectivity index (χ1v) is 18.8. The van der Waals surface area contributed by atoms with Gasteiger partial charge in [0.15, 0.2) is 0 Å². The lowest BCUT2D eigenvalue weighted by molar-refractivity contribution is -0.137. The predicted octanol–water partition coefficient (Wildman–Crippen LogP) is 12.8. The zero-order chi connectivity index (χ0) is 39.5. The average Bonchev–Trinajstić information content (AvgIpc) is 3.78. The van der Waals surface area contributed by atoms with Crippen molar-refractivity contribution in [2.24, 2.45) is 5.92 Å². The van der Waals surface area contributed by atoms with Gasteiger partial charge in [-0.25, -0.2) is 0 Å². The highest BCUT2D eigenvalue weighted by Crippen LogP contribution is 2.44. The summed E-state index contributed by atoms with van der Waals surface area (Å²) in [5, 5.41) is 23.6. The molecule has 0 amide bonds. The molecule has 3 aromatic heterocycles. The van der Waals surface area contributed by atoms with E-state index in [2.05, 4.69) is 33.8 Å². The summed E-state index contributed by atoms with van der Waals surface area (Å²) in [6, 6.07) is 45.9. The lowest BCUT2D eigenvalue weighted by Crippen LogP contribution is -2.09. The molecule has 1 aliphatic rings. The number of halogens is 3. The van der Waals surface area contributed by atoms with Crippen LogP contribution < -0.4 is 0 Å². The van der Waals surface area contributed by atoms with Gasteiger partial charge in [0.05, 0.1) is 68.8 Å². The fourth-order valence-corrected chi connectivity index (χ4v) is 8.65. The smallest absolute Gasteiger partial charge is 0.309 e. The van der Waals surface area contributed by atoms with Gasteiger partial charge in [-0.15, -0.1) is 0 Å². The highest BCUT2D eigenvalue weighted by molar-refractivity contribution is 6.12. The first kappa shape index (κ1) is 34.8. The second-order valence-electron chi connectivity index (χ2n) is 14.4. The van der Waals surface area contributed by atoms with Crippen LogP contribution in [-0.2, 0) is 6.18 Å². The minimum atomic E-state index is -4.60. The van der Waals surface area contributed by atoms with E-state index in [-0.39, 0.29) is 11.8 Å². The SMILES string of the molecule is N#Cc1ccccc1-c1ccc2c(c1)c1ccccc1n2-c1cnccc1-c1cc(C(F)(F)F)ccc1-n1c2ccccc2c2cc(C3C=CC=CC3C#N)ccc21. The topological polar surface area (TPSA) is 70.3 Å². The third-order valence-corrected chi connectivity index (χ3v) is 11.3. The maximum absolute atomic E-state index is 14.7. The van der Waals surface area contributed by atoms with Gasteiger partial charge in [-0.2, -0.15) is 23.7 Å². The van der Waals surface area contributed by atoms with Gasteiger partial charge in [-0.05, 0) is 83.4 Å². The van der Waals surface area contributed by atoms with Crippen LogP contribution in [0.15, 0.2) is 170 Å². The number of hydrogen-bond donors (Lipinski definition) is 0. The summed E-state index contributed by atoms with van der Waals surface area (Å²) in [6.07, 6.45) is 6.51. The normalized spacial score (nSPS) is 15.3. The summed E-state index contributed by atoms with van der Waals surface area (Å²) in [6.45, 7) is 0. The van der Waals surface area contributed by atoms with Gasteiger partial charge in [-0.3, -0.25) is 4.98 Å². The van der Waals surface area contributed by atoms with E-state index in [0.717, 1.165) is 66.4 Å². The van der Waals surface area contributed by atoms with Crippen LogP contribution >= 0.6 is 0 Å². The first-order chi connectivity index (χ1) is 28.3. The Morgan fingerprint density at radius 2 is 1.22 bits per heavy atom. The van der Waals surface area contributed by atoms with Crippen molar-refractivity contribution in [1.29, 1.82) is 10.5 Å². The lowest BCUT2D eigenvalue weighted by atomic mass is 9.83. The fourth-order valence-electron chi connectivity index (χ4n) is 8.65. The van der Waals surface area contributed by atoms with Gasteiger partial charge in [0, 0.05) is 44.8 Å². The Bertz CT molecular complexity index is 3280. The number of aromatic nitrogens is 3. The number of benzene rings is 6. The molecule has 58 heavy (non-hydrogen) atoms. The molecule has 276 valence electrons. The van der Waals surface area contributed by atoms with E-state index >= 15 is 0 Å². The Morgan fingerprint density at radius 3 is 1.97 bits per heavy atom. The molecule has 8 heteroatoms. The van der Waals surface area contributed by atoms with Crippen molar-refractivity contribution in [1.82, 2.24) is 14.1 Å². The van der Waals surface area contributed by atoms with Crippen molar-refractivity contribution < 1.29 is 13.2 Å². The number of fused-ring (bicyclic) bond motifs is 6. The monoisotopic (exact) mass is 757 g/mol. The summed E-state index contributed by atoms with van der Waals surface area (Å²) in [7, 11) is 0. The largest absolute Gasteiger partial charge is 0.416 e. The molecule has 2 unspecified atom stereocenters. The molecule has 5 nitrogen and oxygen atoms in total. The second kappa shape index (κ2) is 13.5. The summed E-state index contributed by atoms with van der Waals surface area (Å²) < 4.78 is 48.2. The number of nitrogens with zero attached hydrogens (tertiary/aromatic N) is 5. The van der Waals surface area contributed by atoms with Crippen molar-refractivity contribution in [2.75, 3.05) is 0 Å². The Hall–Kier alpha value is -7.68. The number of pyridine rings is 1. The molecule has 10 rings (SSSR count). The molecule has 0 bridgehead atoms. The first-order valence-electron chi connectivity index (χ1n) is 18.8. The summed E-state index contributed by atoms with van der Waals surface area (Å²) in [4.78, 5) is 4.54. The average molecular weight is 758 g/mol. The van der Waals surface area contributed by atoms with Crippen LogP contribution in [0.1, 0.15) is 22.6 Å². The Kier molecular flexibility index (Phi) is 8.10. The number of nitriles is 2. The highest BCUT2D eigenvalue weighted by atomic mass is 19.4. The zero-order valence-electron chi connectivity index (χ0n) is 30.7. The molecule has 0 N–H and O–H groups in total. The summed E-state index contributed by atoms with van der Waals surface area (Å²) >= 11 is 0. The van der Waals surface area contributed by atoms with E-state index in [0.29, 0.717) is 28.1 Å². The molecule has 2 atom stereocenters. The molecule has 6 aromatic carbocycles. The number of alkyl halides is 3. The van der Waals surface area contributed by atoms with Gasteiger partial charge in [-0.1, -0.05) is 91.0 Å². The Morgan fingerprint density at radius 1 is 0.569 bits per heavy atom. The van der Waals surface area contributed by atoms with Crippen molar-refractivity contribution in [2.45, 2.75) is 12.1 Å². The van der Waals surface area contributed by atoms with E-state index in [9.17, 15) is 23.7 Å². The second-order valence-corrected chi connectivity index (χ2v) is 14.4. The quantitative estimate of drug-likeness (QED) is 0.175. The van der Waals surface area contributed by atoms with Gasteiger partial charge in [0.25, 0.3) is 0 Å². The summed E-state index contributed by atoms with van der Waals surface area (Å²) in [5.74, 6) is -0.450. The minimum Gasteiger partial charge on any atom is -0.309 e. The Balaban J connectivity index is 1.23. The molecule has 0 saturated heterocycles. The van der Waals surface area contributed by atoms with Crippen LogP contribution in [0.3, 0.4) is 0 Å². The Labute approximate surface area is 331 Å². The fraction of sp³-hybridized carbons (Fsp3) is 0.0600. The molecule has 0 aliphatic heterocycles. The molecule has 1 aliphatic carbocycles. The van der Waals surface area contributed by atoms with Crippen LogP contribution in [-0.4, -0.2) is 14.1 Å². The molecule has 0 radical (unpaired) electrons. The molecule has 0 saturated carbocycles. The van der Waals surface area contributed by atoms with Crippen LogP contribution in [0.25, 0.3) is 77.2 Å². The maximum Gasteiger partial charge on any atom is 0.416 e. The molecule has 0 spiro atoms. The molecule has 9 aromatic rings. The van der Waals surface area contributed by atoms with E-state index < -0.39 is 11.7 Å². The predicted molar refractivity (Wildman–Crippen MR) is 224 cm³/mol. The number of rotatable bonds is 5.